The summed E-state index contributed by atoms with van der Waals surface area (Å²) < 4.78 is 33.6. The number of sulfonamides is 1. The molecule has 160 valence electrons. The number of benzene rings is 2. The summed E-state index contributed by atoms with van der Waals surface area (Å²) in [6.07, 6.45) is 8.61. The number of fused-ring (bicyclic) bond motifs is 1. The standard InChI is InChI=1S/C22H27N3O4S/c1-2-3-4-5-6-7-14-29-19-9-11-20(12-10-19)30(27,28)25-18-8-13-21-17(15-18)16-23-24-22(21)26/h8-13,15-16,25H,2-7,14H2,1H3,(H,24,26). The Bertz CT molecular complexity index is 1130. The second-order valence-corrected chi connectivity index (χ2v) is 8.88. The number of aromatic nitrogens is 2. The molecule has 0 bridgehead atoms. The van der Waals surface area contributed by atoms with Crippen LogP contribution in [0.25, 0.3) is 10.8 Å². The largest absolute Gasteiger partial charge is 0.494 e. The molecule has 0 fully saturated rings. The summed E-state index contributed by atoms with van der Waals surface area (Å²) in [5.41, 5.74) is 0.0387. The van der Waals surface area contributed by atoms with Gasteiger partial charge in [-0.15, -0.1) is 0 Å². The number of nitrogens with one attached hydrogen (secondary N) is 2. The zero-order chi connectivity index (χ0) is 21.4. The Balaban J connectivity index is 1.58. The van der Waals surface area contributed by atoms with Gasteiger partial charge in [0.25, 0.3) is 15.6 Å². The third kappa shape index (κ3) is 5.82. The van der Waals surface area contributed by atoms with E-state index >= 15 is 0 Å². The topological polar surface area (TPSA) is 101 Å². The van der Waals surface area contributed by atoms with Crippen molar-refractivity contribution in [1.29, 1.82) is 0 Å². The molecule has 30 heavy (non-hydrogen) atoms. The molecule has 0 aliphatic rings. The summed E-state index contributed by atoms with van der Waals surface area (Å²) >= 11 is 0. The van der Waals surface area contributed by atoms with Crippen LogP contribution >= 0.6 is 0 Å². The minimum atomic E-state index is -3.76. The predicted molar refractivity (Wildman–Crippen MR) is 118 cm³/mol. The van der Waals surface area contributed by atoms with Crippen LogP contribution in [0.15, 0.2) is 58.4 Å². The normalized spacial score (nSPS) is 11.5. The Morgan fingerprint density at radius 2 is 1.73 bits per heavy atom. The maximum Gasteiger partial charge on any atom is 0.272 e. The molecule has 7 nitrogen and oxygen atoms in total. The second-order valence-electron chi connectivity index (χ2n) is 7.19. The van der Waals surface area contributed by atoms with E-state index in [0.717, 1.165) is 12.8 Å². The molecule has 2 N–H and O–H groups in total. The first-order chi connectivity index (χ1) is 14.5. The van der Waals surface area contributed by atoms with Crippen LogP contribution in [0.1, 0.15) is 45.4 Å². The van der Waals surface area contributed by atoms with Gasteiger partial charge in [-0.25, -0.2) is 13.5 Å². The first kappa shape index (κ1) is 21.8. The van der Waals surface area contributed by atoms with Gasteiger partial charge in [0.15, 0.2) is 0 Å². The van der Waals surface area contributed by atoms with Crippen molar-refractivity contribution in [2.45, 2.75) is 50.3 Å². The number of rotatable bonds is 11. The Labute approximate surface area is 176 Å². The van der Waals surface area contributed by atoms with Gasteiger partial charge < -0.3 is 4.74 Å². The molecule has 0 unspecified atom stereocenters. The van der Waals surface area contributed by atoms with Gasteiger partial charge in [-0.2, -0.15) is 5.10 Å². The average molecular weight is 430 g/mol. The summed E-state index contributed by atoms with van der Waals surface area (Å²) in [6.45, 7) is 2.82. The number of hydrogen-bond acceptors (Lipinski definition) is 5. The van der Waals surface area contributed by atoms with E-state index in [1.165, 1.54) is 44.0 Å². The molecule has 0 spiro atoms. The van der Waals surface area contributed by atoms with Gasteiger partial charge in [0.05, 0.1) is 23.1 Å². The number of anilines is 1. The molecule has 1 heterocycles. The Kier molecular flexibility index (Phi) is 7.46. The van der Waals surface area contributed by atoms with Gasteiger partial charge >= 0.3 is 0 Å². The van der Waals surface area contributed by atoms with Crippen molar-refractivity contribution in [2.75, 3.05) is 11.3 Å². The molecule has 1 aromatic heterocycles. The predicted octanol–water partition coefficient (Wildman–Crippen LogP) is 4.46. The number of ether oxygens (including phenoxy) is 1. The van der Waals surface area contributed by atoms with Crippen LogP contribution in [0.3, 0.4) is 0 Å². The zero-order valence-electron chi connectivity index (χ0n) is 17.1. The summed E-state index contributed by atoms with van der Waals surface area (Å²) in [6, 6.07) is 11.1. The van der Waals surface area contributed by atoms with Crippen LogP contribution in [0, 0.1) is 0 Å². The minimum Gasteiger partial charge on any atom is -0.494 e. The number of nitrogens with zero attached hydrogens (tertiary/aromatic N) is 1. The number of H-pyrrole nitrogens is 1. The molecule has 0 saturated heterocycles. The quantitative estimate of drug-likeness (QED) is 0.438. The molecule has 8 heteroatoms. The third-order valence-corrected chi connectivity index (χ3v) is 6.22. The fraction of sp³-hybridized carbons (Fsp3) is 0.364. The fourth-order valence-corrected chi connectivity index (χ4v) is 4.21. The summed E-state index contributed by atoms with van der Waals surface area (Å²) in [5.74, 6) is 0.651. The maximum absolute atomic E-state index is 12.7. The molecular formula is C22H27N3O4S. The molecule has 0 atom stereocenters. The number of hydrogen-bond donors (Lipinski definition) is 2. The molecule has 3 rings (SSSR count). The van der Waals surface area contributed by atoms with Crippen molar-refractivity contribution in [2.24, 2.45) is 0 Å². The summed E-state index contributed by atoms with van der Waals surface area (Å²) in [4.78, 5) is 11.9. The van der Waals surface area contributed by atoms with Gasteiger partial charge in [-0.3, -0.25) is 9.52 Å². The molecular weight excluding hydrogens is 402 g/mol. The van der Waals surface area contributed by atoms with E-state index in [-0.39, 0.29) is 10.5 Å². The van der Waals surface area contributed by atoms with E-state index in [9.17, 15) is 13.2 Å². The highest BCUT2D eigenvalue weighted by molar-refractivity contribution is 7.92. The van der Waals surface area contributed by atoms with Gasteiger partial charge in [-0.05, 0) is 48.9 Å². The monoisotopic (exact) mass is 429 g/mol. The lowest BCUT2D eigenvalue weighted by Gasteiger charge is -2.10. The van der Waals surface area contributed by atoms with E-state index in [0.29, 0.717) is 28.8 Å². The highest BCUT2D eigenvalue weighted by atomic mass is 32.2. The Morgan fingerprint density at radius 1 is 1.00 bits per heavy atom. The van der Waals surface area contributed by atoms with Crippen molar-refractivity contribution in [3.8, 4) is 5.75 Å². The molecule has 0 aliphatic heterocycles. The molecule has 0 amide bonds. The number of unbranched alkanes of at least 4 members (excludes halogenated alkanes) is 5. The second kappa shape index (κ2) is 10.2. The van der Waals surface area contributed by atoms with Gasteiger partial charge in [0.2, 0.25) is 0 Å². The van der Waals surface area contributed by atoms with E-state index < -0.39 is 10.0 Å². The van der Waals surface area contributed by atoms with E-state index in [1.54, 1.807) is 30.3 Å². The number of aromatic amines is 1. The molecule has 0 saturated carbocycles. The Morgan fingerprint density at radius 3 is 2.50 bits per heavy atom. The fourth-order valence-electron chi connectivity index (χ4n) is 3.16. The van der Waals surface area contributed by atoms with Crippen LogP contribution in [0.2, 0.25) is 0 Å². The lowest BCUT2D eigenvalue weighted by Crippen LogP contribution is -2.13. The van der Waals surface area contributed by atoms with Crippen LogP contribution in [-0.4, -0.2) is 25.2 Å². The van der Waals surface area contributed by atoms with E-state index in [2.05, 4.69) is 21.8 Å². The van der Waals surface area contributed by atoms with Crippen molar-refractivity contribution in [3.05, 3.63) is 59.0 Å². The van der Waals surface area contributed by atoms with Crippen LogP contribution < -0.4 is 15.0 Å². The van der Waals surface area contributed by atoms with Crippen molar-refractivity contribution in [3.63, 3.8) is 0 Å². The van der Waals surface area contributed by atoms with Crippen LogP contribution in [0.4, 0.5) is 5.69 Å². The lowest BCUT2D eigenvalue weighted by atomic mass is 10.1. The van der Waals surface area contributed by atoms with Gasteiger partial charge in [0.1, 0.15) is 5.75 Å². The SMILES string of the molecule is CCCCCCCCOc1ccc(S(=O)(=O)Nc2ccc3c(=O)[nH]ncc3c2)cc1. The maximum atomic E-state index is 12.7. The third-order valence-electron chi connectivity index (χ3n) is 4.82. The van der Waals surface area contributed by atoms with Crippen LogP contribution in [0.5, 0.6) is 5.75 Å². The van der Waals surface area contributed by atoms with Crippen molar-refractivity contribution in [1.82, 2.24) is 10.2 Å². The van der Waals surface area contributed by atoms with E-state index in [1.807, 2.05) is 0 Å². The van der Waals surface area contributed by atoms with Crippen molar-refractivity contribution >= 4 is 26.5 Å². The molecule has 2 aromatic carbocycles. The first-order valence-corrected chi connectivity index (χ1v) is 11.7. The molecule has 0 radical (unpaired) electrons. The van der Waals surface area contributed by atoms with Crippen LogP contribution in [-0.2, 0) is 10.0 Å². The molecule has 3 aromatic rings. The zero-order valence-corrected chi connectivity index (χ0v) is 17.9. The van der Waals surface area contributed by atoms with Gasteiger partial charge in [-0.1, -0.05) is 39.0 Å². The highest BCUT2D eigenvalue weighted by Gasteiger charge is 2.15. The summed E-state index contributed by atoms with van der Waals surface area (Å²) in [7, 11) is -3.76. The minimum absolute atomic E-state index is 0.138. The first-order valence-electron chi connectivity index (χ1n) is 10.2. The molecule has 0 aliphatic carbocycles. The van der Waals surface area contributed by atoms with Gasteiger partial charge in [0, 0.05) is 11.1 Å². The average Bonchev–Trinajstić information content (AvgIpc) is 2.73. The van der Waals surface area contributed by atoms with E-state index in [4.69, 9.17) is 4.74 Å². The Hall–Kier alpha value is -2.87. The highest BCUT2D eigenvalue weighted by Crippen LogP contribution is 2.21. The lowest BCUT2D eigenvalue weighted by molar-refractivity contribution is 0.304. The summed E-state index contributed by atoms with van der Waals surface area (Å²) in [5, 5.41) is 7.08. The van der Waals surface area contributed by atoms with Crippen molar-refractivity contribution < 1.29 is 13.2 Å². The smallest absolute Gasteiger partial charge is 0.272 e.